The summed E-state index contributed by atoms with van der Waals surface area (Å²) in [5.74, 6) is -2.56. The lowest BCUT2D eigenvalue weighted by Gasteiger charge is -2.28. The number of alkyl halides is 3. The number of hydrogen-bond donors (Lipinski definition) is 3. The second-order valence-corrected chi connectivity index (χ2v) is 9.99. The average Bonchev–Trinajstić information content (AvgIpc) is 3.30. The Labute approximate surface area is 217 Å². The van der Waals surface area contributed by atoms with Crippen molar-refractivity contribution in [3.05, 3.63) is 59.8 Å². The van der Waals surface area contributed by atoms with Crippen molar-refractivity contribution in [2.75, 3.05) is 40.3 Å². The van der Waals surface area contributed by atoms with Crippen molar-refractivity contribution in [2.24, 2.45) is 0 Å². The second-order valence-electron chi connectivity index (χ2n) is 8.20. The van der Waals surface area contributed by atoms with Gasteiger partial charge in [-0.25, -0.2) is 17.2 Å². The van der Waals surface area contributed by atoms with Crippen molar-refractivity contribution in [3.8, 4) is 5.75 Å². The van der Waals surface area contributed by atoms with Gasteiger partial charge in [-0.15, -0.1) is 0 Å². The number of nitrogens with zero attached hydrogens (tertiary/aromatic N) is 2. The number of aliphatic carboxylic acids is 1. The lowest BCUT2D eigenvalue weighted by Crippen LogP contribution is -2.42. The van der Waals surface area contributed by atoms with Crippen molar-refractivity contribution >= 4 is 32.8 Å². The van der Waals surface area contributed by atoms with Crippen molar-refractivity contribution in [1.29, 1.82) is 0 Å². The number of rotatable bonds is 6. The van der Waals surface area contributed by atoms with Gasteiger partial charge in [0.05, 0.1) is 17.5 Å². The number of nitrogens with one attached hydrogen (secondary N) is 2. The summed E-state index contributed by atoms with van der Waals surface area (Å²) in [7, 11) is -0.901. The molecule has 0 bridgehead atoms. The number of amides is 1. The summed E-state index contributed by atoms with van der Waals surface area (Å²) < 4.78 is 65.5. The first-order valence-corrected chi connectivity index (χ1v) is 12.8. The Balaban J connectivity index is 0.000000505. The fourth-order valence-corrected chi connectivity index (χ4v) is 5.51. The number of carboxylic acids is 1. The van der Waals surface area contributed by atoms with Gasteiger partial charge >= 0.3 is 12.1 Å². The van der Waals surface area contributed by atoms with Crippen LogP contribution in [0.25, 0.3) is 10.9 Å². The summed E-state index contributed by atoms with van der Waals surface area (Å²) >= 11 is 0. The third kappa shape index (κ3) is 6.26. The molecule has 2 heterocycles. The van der Waals surface area contributed by atoms with E-state index in [9.17, 15) is 26.4 Å². The molecule has 2 aromatic carbocycles. The van der Waals surface area contributed by atoms with Crippen LogP contribution in [-0.4, -0.2) is 80.8 Å². The van der Waals surface area contributed by atoms with E-state index in [-0.39, 0.29) is 10.6 Å². The number of hydrogen-bond acceptors (Lipinski definition) is 7. The van der Waals surface area contributed by atoms with Gasteiger partial charge in [0.25, 0.3) is 15.9 Å². The Morgan fingerprint density at radius 2 is 1.71 bits per heavy atom. The van der Waals surface area contributed by atoms with Crippen molar-refractivity contribution in [2.45, 2.75) is 17.6 Å². The van der Waals surface area contributed by atoms with Crippen LogP contribution in [0.2, 0.25) is 0 Å². The molecule has 14 heteroatoms. The molecule has 1 aromatic heterocycles. The zero-order valence-electron chi connectivity index (χ0n) is 20.6. The molecule has 1 aliphatic rings. The Kier molecular flexibility index (Phi) is 9.01. The van der Waals surface area contributed by atoms with Gasteiger partial charge in [0.2, 0.25) is 0 Å². The van der Waals surface area contributed by atoms with E-state index < -0.39 is 28.1 Å². The van der Waals surface area contributed by atoms with Crippen LogP contribution in [0.5, 0.6) is 5.75 Å². The Morgan fingerprint density at radius 1 is 1.11 bits per heavy atom. The summed E-state index contributed by atoms with van der Waals surface area (Å²) in [4.78, 5) is 24.0. The molecular formula is C24H27F3N4O6S. The third-order valence-electron chi connectivity index (χ3n) is 5.80. The minimum Gasteiger partial charge on any atom is -0.496 e. The topological polar surface area (TPSA) is 130 Å². The predicted molar refractivity (Wildman–Crippen MR) is 133 cm³/mol. The van der Waals surface area contributed by atoms with Crippen LogP contribution in [0.15, 0.2) is 53.4 Å². The van der Waals surface area contributed by atoms with Gasteiger partial charge in [-0.3, -0.25) is 9.69 Å². The van der Waals surface area contributed by atoms with Gasteiger partial charge in [0.1, 0.15) is 11.4 Å². The van der Waals surface area contributed by atoms with Crippen LogP contribution in [-0.2, 0) is 21.4 Å². The zero-order chi connectivity index (χ0) is 28.1. The summed E-state index contributed by atoms with van der Waals surface area (Å²) in [6.45, 7) is 4.15. The van der Waals surface area contributed by atoms with E-state index in [1.54, 1.807) is 43.5 Å². The Bertz CT molecular complexity index is 1400. The lowest BCUT2D eigenvalue weighted by molar-refractivity contribution is -0.192. The van der Waals surface area contributed by atoms with Crippen LogP contribution in [0, 0.1) is 0 Å². The molecule has 0 aliphatic carbocycles. The van der Waals surface area contributed by atoms with Crippen LogP contribution >= 0.6 is 0 Å². The van der Waals surface area contributed by atoms with Gasteiger partial charge in [-0.1, -0.05) is 18.2 Å². The number of carbonyl (C=O) groups excluding carboxylic acids is 1. The molecule has 206 valence electrons. The average molecular weight is 557 g/mol. The molecule has 1 saturated heterocycles. The summed E-state index contributed by atoms with van der Waals surface area (Å²) in [6, 6.07) is 13.2. The SMILES string of the molecule is CNC(=O)c1cc2c(CN3CCNCC3)c(OC)ccc2n1S(=O)(=O)c1ccccc1.O=C(O)C(F)(F)F. The summed E-state index contributed by atoms with van der Waals surface area (Å²) in [6.07, 6.45) is -5.08. The number of carboxylic acid groups (broad SMARTS) is 1. The van der Waals surface area contributed by atoms with E-state index in [0.29, 0.717) is 23.2 Å². The van der Waals surface area contributed by atoms with Gasteiger partial charge < -0.3 is 20.5 Å². The van der Waals surface area contributed by atoms with E-state index in [2.05, 4.69) is 15.5 Å². The van der Waals surface area contributed by atoms with E-state index in [1.165, 1.54) is 19.2 Å². The quantitative estimate of drug-likeness (QED) is 0.422. The molecule has 4 rings (SSSR count). The van der Waals surface area contributed by atoms with E-state index in [1.807, 2.05) is 0 Å². The van der Waals surface area contributed by atoms with Crippen LogP contribution in [0.3, 0.4) is 0 Å². The number of aromatic nitrogens is 1. The summed E-state index contributed by atoms with van der Waals surface area (Å²) in [5.41, 5.74) is 1.39. The maximum atomic E-state index is 13.5. The molecule has 1 fully saturated rings. The van der Waals surface area contributed by atoms with E-state index in [4.69, 9.17) is 14.6 Å². The third-order valence-corrected chi connectivity index (χ3v) is 7.55. The van der Waals surface area contributed by atoms with Crippen LogP contribution in [0.1, 0.15) is 16.1 Å². The van der Waals surface area contributed by atoms with Crippen LogP contribution < -0.4 is 15.4 Å². The molecular weight excluding hydrogens is 529 g/mol. The molecule has 0 spiro atoms. The maximum Gasteiger partial charge on any atom is 0.490 e. The number of carbonyl (C=O) groups is 2. The molecule has 38 heavy (non-hydrogen) atoms. The van der Waals surface area contributed by atoms with Gasteiger partial charge in [0.15, 0.2) is 0 Å². The number of piperazine rings is 1. The van der Waals surface area contributed by atoms with Crippen LogP contribution in [0.4, 0.5) is 13.2 Å². The Morgan fingerprint density at radius 3 is 2.24 bits per heavy atom. The maximum absolute atomic E-state index is 13.5. The molecule has 0 atom stereocenters. The predicted octanol–water partition coefficient (Wildman–Crippen LogP) is 2.28. The smallest absolute Gasteiger partial charge is 0.490 e. The molecule has 0 saturated carbocycles. The molecule has 10 nitrogen and oxygen atoms in total. The second kappa shape index (κ2) is 11.8. The minimum absolute atomic E-state index is 0.0659. The summed E-state index contributed by atoms with van der Waals surface area (Å²) in [5, 5.41) is 13.7. The van der Waals surface area contributed by atoms with Crippen molar-refractivity contribution < 1.29 is 41.0 Å². The molecule has 0 unspecified atom stereocenters. The highest BCUT2D eigenvalue weighted by atomic mass is 32.2. The van der Waals surface area contributed by atoms with Crippen molar-refractivity contribution in [3.63, 3.8) is 0 Å². The van der Waals surface area contributed by atoms with Crippen molar-refractivity contribution in [1.82, 2.24) is 19.5 Å². The monoisotopic (exact) mass is 556 g/mol. The first-order chi connectivity index (χ1) is 17.9. The number of fused-ring (bicyclic) bond motifs is 1. The zero-order valence-corrected chi connectivity index (χ0v) is 21.4. The fourth-order valence-electron chi connectivity index (χ4n) is 3.99. The highest BCUT2D eigenvalue weighted by Crippen LogP contribution is 2.34. The fraction of sp³-hybridized carbons (Fsp3) is 0.333. The van der Waals surface area contributed by atoms with E-state index in [0.717, 1.165) is 35.7 Å². The molecule has 1 amide bonds. The molecule has 1 aliphatic heterocycles. The standard InChI is InChI=1S/C22H26N4O4S.C2HF3O2/c1-23-22(27)20-14-17-18(15-25-12-10-24-11-13-25)21(30-2)9-8-19(17)26(20)31(28,29)16-6-4-3-5-7-16;3-2(4,5)1(6)7/h3-9,14,24H,10-13,15H2,1-2H3,(H,23,27);(H,6,7). The highest BCUT2D eigenvalue weighted by molar-refractivity contribution is 7.90. The Hall–Kier alpha value is -3.62. The van der Waals surface area contributed by atoms with Gasteiger partial charge in [-0.05, 0) is 30.3 Å². The lowest BCUT2D eigenvalue weighted by atomic mass is 10.1. The molecule has 3 aromatic rings. The van der Waals surface area contributed by atoms with Gasteiger partial charge in [0, 0.05) is 50.7 Å². The molecule has 0 radical (unpaired) electrons. The highest BCUT2D eigenvalue weighted by Gasteiger charge is 2.38. The number of halogens is 3. The number of ether oxygens (including phenoxy) is 1. The number of methoxy groups -OCH3 is 1. The molecule has 3 N–H and O–H groups in total. The number of benzene rings is 2. The first kappa shape index (κ1) is 28.9. The van der Waals surface area contributed by atoms with E-state index >= 15 is 0 Å². The van der Waals surface area contributed by atoms with Gasteiger partial charge in [-0.2, -0.15) is 13.2 Å². The normalized spacial score (nSPS) is 14.4. The minimum atomic E-state index is -5.08. The first-order valence-electron chi connectivity index (χ1n) is 11.4. The largest absolute Gasteiger partial charge is 0.496 e.